The third-order valence-corrected chi connectivity index (χ3v) is 10.9. The molecule has 0 amide bonds. The lowest BCUT2D eigenvalue weighted by atomic mass is 10.3. The van der Waals surface area contributed by atoms with E-state index in [1.807, 2.05) is 60.7 Å². The van der Waals surface area contributed by atoms with Crippen LogP contribution in [0.15, 0.2) is 60.7 Å². The molecule has 2 N–H and O–H groups in total. The lowest BCUT2D eigenvalue weighted by molar-refractivity contribution is 0.244. The van der Waals surface area contributed by atoms with Gasteiger partial charge >= 0.3 is 17.1 Å². The van der Waals surface area contributed by atoms with Crippen LogP contribution in [0.2, 0.25) is 13.1 Å². The molecule has 0 aliphatic rings. The van der Waals surface area contributed by atoms with Gasteiger partial charge in [-0.15, -0.1) is 0 Å². The van der Waals surface area contributed by atoms with Crippen LogP contribution in [0.3, 0.4) is 0 Å². The van der Waals surface area contributed by atoms with Gasteiger partial charge in [0.15, 0.2) is 0 Å². The van der Waals surface area contributed by atoms with Crippen LogP contribution in [0.25, 0.3) is 0 Å². The molecule has 0 bridgehead atoms. The normalized spacial score (nSPS) is 15.8. The molecule has 5 nitrogen and oxygen atoms in total. The lowest BCUT2D eigenvalue weighted by Crippen LogP contribution is -2.58. The number of hydrogen-bond donors (Lipinski definition) is 2. The van der Waals surface area contributed by atoms with E-state index in [1.165, 1.54) is 0 Å². The maximum absolute atomic E-state index is 6.48. The molecule has 0 radical (unpaired) electrons. The topological polar surface area (TPSA) is 51.8 Å². The van der Waals surface area contributed by atoms with Crippen LogP contribution in [0, 0.1) is 0 Å². The summed E-state index contributed by atoms with van der Waals surface area (Å²) >= 11 is 0. The summed E-state index contributed by atoms with van der Waals surface area (Å²) in [4.78, 5) is 0. The Kier molecular flexibility index (Phi) is 7.21. The standard InChI is InChI=1S/C18H28N2O3Si2/c1-21-24(3,15-19-17-11-7-5-8-12-17)23-25(4,22-2)16-20-18-13-9-6-10-14-18/h5-14,19-20H,15-16H2,1-4H3. The van der Waals surface area contributed by atoms with Crippen molar-refractivity contribution in [2.75, 3.05) is 37.2 Å². The zero-order valence-electron chi connectivity index (χ0n) is 15.4. The first-order chi connectivity index (χ1) is 12.0. The van der Waals surface area contributed by atoms with Gasteiger partial charge in [-0.05, 0) is 37.4 Å². The molecule has 0 saturated heterocycles. The second-order valence-electron chi connectivity index (χ2n) is 6.22. The van der Waals surface area contributed by atoms with Gasteiger partial charge in [0.25, 0.3) is 0 Å². The monoisotopic (exact) mass is 376 g/mol. The molecule has 2 aromatic carbocycles. The molecule has 0 saturated carbocycles. The second kappa shape index (κ2) is 9.16. The summed E-state index contributed by atoms with van der Waals surface area (Å²) in [5.41, 5.74) is 2.12. The Hall–Kier alpha value is -1.65. The molecule has 0 spiro atoms. The highest BCUT2D eigenvalue weighted by Gasteiger charge is 2.42. The molecule has 0 aliphatic heterocycles. The van der Waals surface area contributed by atoms with E-state index in [0.717, 1.165) is 11.4 Å². The third-order valence-electron chi connectivity index (χ3n) is 4.07. The Morgan fingerprint density at radius 3 is 1.36 bits per heavy atom. The number of anilines is 2. The minimum Gasteiger partial charge on any atom is -0.413 e. The van der Waals surface area contributed by atoms with Crippen LogP contribution < -0.4 is 10.6 Å². The minimum atomic E-state index is -2.42. The van der Waals surface area contributed by atoms with Crippen molar-refractivity contribution in [3.05, 3.63) is 60.7 Å². The third kappa shape index (κ3) is 6.30. The Bertz CT molecular complexity index is 577. The highest BCUT2D eigenvalue weighted by Crippen LogP contribution is 2.18. The summed E-state index contributed by atoms with van der Waals surface area (Å²) in [6.07, 6.45) is 1.32. The minimum absolute atomic E-state index is 0.658. The molecule has 0 aromatic heterocycles. The van der Waals surface area contributed by atoms with E-state index in [9.17, 15) is 0 Å². The van der Waals surface area contributed by atoms with Crippen molar-refractivity contribution < 1.29 is 13.0 Å². The zero-order chi connectivity index (χ0) is 18.2. The molecule has 0 fully saturated rings. The zero-order valence-corrected chi connectivity index (χ0v) is 17.4. The van der Waals surface area contributed by atoms with E-state index in [1.54, 1.807) is 14.2 Å². The fourth-order valence-electron chi connectivity index (χ4n) is 2.39. The first-order valence-electron chi connectivity index (χ1n) is 8.37. The van der Waals surface area contributed by atoms with Gasteiger partial charge in [-0.3, -0.25) is 0 Å². The first kappa shape index (κ1) is 19.7. The highest BCUT2D eigenvalue weighted by molar-refractivity contribution is 6.80. The summed E-state index contributed by atoms with van der Waals surface area (Å²) in [7, 11) is -1.40. The number of rotatable bonds is 10. The molecule has 2 aromatic rings. The Morgan fingerprint density at radius 1 is 0.680 bits per heavy atom. The average molecular weight is 377 g/mol. The van der Waals surface area contributed by atoms with Gasteiger partial charge < -0.3 is 23.6 Å². The van der Waals surface area contributed by atoms with Gasteiger partial charge in [0, 0.05) is 25.6 Å². The van der Waals surface area contributed by atoms with Gasteiger partial charge in [-0.2, -0.15) is 0 Å². The predicted molar refractivity (Wildman–Crippen MR) is 108 cm³/mol. The first-order valence-corrected chi connectivity index (χ1v) is 13.4. The van der Waals surface area contributed by atoms with E-state index in [4.69, 9.17) is 13.0 Å². The summed E-state index contributed by atoms with van der Waals surface area (Å²) < 4.78 is 18.1. The maximum atomic E-state index is 6.48. The quantitative estimate of drug-likeness (QED) is 0.619. The Morgan fingerprint density at radius 2 is 1.04 bits per heavy atom. The van der Waals surface area contributed by atoms with Crippen LogP contribution in [-0.4, -0.2) is 43.7 Å². The summed E-state index contributed by atoms with van der Waals surface area (Å²) in [5, 5.41) is 6.83. The fraction of sp³-hybridized carbons (Fsp3) is 0.333. The number of benzene rings is 2. The van der Waals surface area contributed by atoms with E-state index < -0.39 is 17.1 Å². The molecule has 0 heterocycles. The van der Waals surface area contributed by atoms with Crippen molar-refractivity contribution in [3.63, 3.8) is 0 Å². The van der Waals surface area contributed by atoms with E-state index in [2.05, 4.69) is 23.7 Å². The van der Waals surface area contributed by atoms with Crippen molar-refractivity contribution >= 4 is 28.5 Å². The van der Waals surface area contributed by atoms with Gasteiger partial charge in [0.05, 0.1) is 12.3 Å². The van der Waals surface area contributed by atoms with Gasteiger partial charge in [-0.1, -0.05) is 36.4 Å². The van der Waals surface area contributed by atoms with Crippen molar-refractivity contribution in [1.29, 1.82) is 0 Å². The molecule has 136 valence electrons. The van der Waals surface area contributed by atoms with Crippen molar-refractivity contribution in [2.24, 2.45) is 0 Å². The van der Waals surface area contributed by atoms with Gasteiger partial charge in [-0.25, -0.2) is 0 Å². The molecule has 0 aliphatic carbocycles. The van der Waals surface area contributed by atoms with Gasteiger partial charge in [0.1, 0.15) is 0 Å². The average Bonchev–Trinajstić information content (AvgIpc) is 2.66. The fourth-order valence-corrected chi connectivity index (χ4v) is 8.63. The van der Waals surface area contributed by atoms with Crippen LogP contribution in [-0.2, 0) is 13.0 Å². The van der Waals surface area contributed by atoms with Crippen LogP contribution in [0.1, 0.15) is 0 Å². The van der Waals surface area contributed by atoms with E-state index in [-0.39, 0.29) is 0 Å². The van der Waals surface area contributed by atoms with E-state index >= 15 is 0 Å². The lowest BCUT2D eigenvalue weighted by Gasteiger charge is -2.35. The van der Waals surface area contributed by atoms with Crippen LogP contribution in [0.4, 0.5) is 11.4 Å². The summed E-state index contributed by atoms with van der Waals surface area (Å²) in [6.45, 7) is 4.13. The molecule has 25 heavy (non-hydrogen) atoms. The predicted octanol–water partition coefficient (Wildman–Crippen LogP) is 3.74. The van der Waals surface area contributed by atoms with Crippen LogP contribution >= 0.6 is 0 Å². The summed E-state index contributed by atoms with van der Waals surface area (Å²) in [5.74, 6) is 0. The molecule has 2 atom stereocenters. The molecule has 2 unspecified atom stereocenters. The highest BCUT2D eigenvalue weighted by atomic mass is 28.5. The van der Waals surface area contributed by atoms with Crippen molar-refractivity contribution in [1.82, 2.24) is 0 Å². The molecular weight excluding hydrogens is 348 g/mol. The Balaban J connectivity index is 1.97. The Labute approximate surface area is 152 Å². The molecule has 7 heteroatoms. The van der Waals surface area contributed by atoms with E-state index in [0.29, 0.717) is 12.3 Å². The molecule has 2 rings (SSSR count). The van der Waals surface area contributed by atoms with Crippen LogP contribution in [0.5, 0.6) is 0 Å². The van der Waals surface area contributed by atoms with Gasteiger partial charge in [0.2, 0.25) is 0 Å². The maximum Gasteiger partial charge on any atom is 0.345 e. The number of hydrogen-bond acceptors (Lipinski definition) is 5. The smallest absolute Gasteiger partial charge is 0.345 e. The molecular formula is C18H28N2O3Si2. The number of nitrogens with one attached hydrogen (secondary N) is 2. The number of para-hydroxylation sites is 2. The largest absolute Gasteiger partial charge is 0.413 e. The SMILES string of the molecule is CO[Si](C)(CNc1ccccc1)O[Si](C)(CNc1ccccc1)OC. The van der Waals surface area contributed by atoms with Crippen molar-refractivity contribution in [2.45, 2.75) is 13.1 Å². The summed E-state index contributed by atoms with van der Waals surface area (Å²) in [6, 6.07) is 20.2. The second-order valence-corrected chi connectivity index (χ2v) is 13.1. The van der Waals surface area contributed by atoms with Crippen molar-refractivity contribution in [3.8, 4) is 0 Å².